The molecule has 0 radical (unpaired) electrons. The van der Waals surface area contributed by atoms with E-state index in [-0.39, 0.29) is 0 Å². The molecule has 0 amide bonds. The van der Waals surface area contributed by atoms with Crippen LogP contribution >= 0.6 is 27.3 Å². The molecule has 5 heteroatoms. The van der Waals surface area contributed by atoms with Gasteiger partial charge in [0, 0.05) is 16.2 Å². The third kappa shape index (κ3) is 2.36. The Morgan fingerprint density at radius 3 is 2.94 bits per heavy atom. The average Bonchev–Trinajstić information content (AvgIpc) is 2.65. The molecule has 84 valence electrons. The van der Waals surface area contributed by atoms with Crippen molar-refractivity contribution in [2.45, 2.75) is 6.92 Å². The molecule has 2 rings (SSSR count). The Balaban J connectivity index is 2.47. The highest BCUT2D eigenvalue weighted by molar-refractivity contribution is 9.10. The zero-order valence-electron chi connectivity index (χ0n) is 8.74. The highest BCUT2D eigenvalue weighted by atomic mass is 79.9. The minimum Gasteiger partial charge on any atom is -0.493 e. The van der Waals surface area contributed by atoms with E-state index in [1.165, 1.54) is 11.3 Å². The smallest absolute Gasteiger partial charge is 0.180 e. The van der Waals surface area contributed by atoms with Crippen LogP contribution in [0.15, 0.2) is 28.9 Å². The van der Waals surface area contributed by atoms with Gasteiger partial charge in [-0.15, -0.1) is 0 Å². The van der Waals surface area contributed by atoms with Crippen molar-refractivity contribution in [1.29, 1.82) is 0 Å². The van der Waals surface area contributed by atoms with Crippen LogP contribution in [0.1, 0.15) is 6.92 Å². The molecule has 0 spiro atoms. The van der Waals surface area contributed by atoms with Gasteiger partial charge >= 0.3 is 0 Å². The van der Waals surface area contributed by atoms with E-state index in [0.717, 1.165) is 20.7 Å². The Morgan fingerprint density at radius 1 is 1.50 bits per heavy atom. The van der Waals surface area contributed by atoms with Gasteiger partial charge in [-0.25, -0.2) is 4.98 Å². The molecule has 0 aliphatic heterocycles. The summed E-state index contributed by atoms with van der Waals surface area (Å²) in [5, 5.41) is 0.570. The molecular weight excluding hydrogens is 288 g/mol. The molecule has 0 fully saturated rings. The molecule has 16 heavy (non-hydrogen) atoms. The summed E-state index contributed by atoms with van der Waals surface area (Å²) < 4.78 is 6.59. The number of anilines is 1. The second kappa shape index (κ2) is 4.84. The lowest BCUT2D eigenvalue weighted by atomic mass is 10.2. The van der Waals surface area contributed by atoms with E-state index in [2.05, 4.69) is 20.9 Å². The van der Waals surface area contributed by atoms with Crippen molar-refractivity contribution in [3.8, 4) is 16.2 Å². The van der Waals surface area contributed by atoms with Gasteiger partial charge in [-0.05, 0) is 25.1 Å². The minimum atomic E-state index is 0.570. The van der Waals surface area contributed by atoms with Gasteiger partial charge in [0.15, 0.2) is 5.13 Å². The standard InChI is InChI=1S/C11H11BrN2OS/c1-2-15-9-5-7(12)3-4-8(9)10-6-14-11(13)16-10/h3-6H,2H2,1H3,(H2,13,14). The van der Waals surface area contributed by atoms with Gasteiger partial charge < -0.3 is 10.5 Å². The summed E-state index contributed by atoms with van der Waals surface area (Å²) in [6, 6.07) is 5.94. The van der Waals surface area contributed by atoms with Crippen molar-refractivity contribution in [2.75, 3.05) is 12.3 Å². The number of benzene rings is 1. The summed E-state index contributed by atoms with van der Waals surface area (Å²) in [7, 11) is 0. The monoisotopic (exact) mass is 298 g/mol. The van der Waals surface area contributed by atoms with Crippen LogP contribution in [0.25, 0.3) is 10.4 Å². The van der Waals surface area contributed by atoms with E-state index in [1.807, 2.05) is 25.1 Å². The molecule has 0 saturated carbocycles. The maximum absolute atomic E-state index is 5.63. The number of nitrogens with zero attached hydrogens (tertiary/aromatic N) is 1. The summed E-state index contributed by atoms with van der Waals surface area (Å²) >= 11 is 4.89. The molecule has 1 aromatic heterocycles. The normalized spacial score (nSPS) is 10.4. The van der Waals surface area contributed by atoms with Crippen LogP contribution in [-0.4, -0.2) is 11.6 Å². The van der Waals surface area contributed by atoms with Gasteiger partial charge in [0.1, 0.15) is 5.75 Å². The summed E-state index contributed by atoms with van der Waals surface area (Å²) in [6.07, 6.45) is 1.77. The zero-order valence-corrected chi connectivity index (χ0v) is 11.1. The van der Waals surface area contributed by atoms with Crippen LogP contribution in [0, 0.1) is 0 Å². The molecule has 2 N–H and O–H groups in total. The Hall–Kier alpha value is -1.07. The van der Waals surface area contributed by atoms with Gasteiger partial charge in [-0.2, -0.15) is 0 Å². The highest BCUT2D eigenvalue weighted by Crippen LogP contribution is 2.36. The van der Waals surface area contributed by atoms with Crippen molar-refractivity contribution < 1.29 is 4.74 Å². The molecule has 1 heterocycles. The number of halogens is 1. The number of nitrogens with two attached hydrogens (primary N) is 1. The Kier molecular flexibility index (Phi) is 3.46. The van der Waals surface area contributed by atoms with Crippen molar-refractivity contribution in [1.82, 2.24) is 4.98 Å². The van der Waals surface area contributed by atoms with Crippen LogP contribution in [-0.2, 0) is 0 Å². The summed E-state index contributed by atoms with van der Waals surface area (Å²) in [6.45, 7) is 2.60. The fourth-order valence-electron chi connectivity index (χ4n) is 1.39. The second-order valence-electron chi connectivity index (χ2n) is 3.14. The molecule has 3 nitrogen and oxygen atoms in total. The highest BCUT2D eigenvalue weighted by Gasteiger charge is 2.09. The van der Waals surface area contributed by atoms with Crippen molar-refractivity contribution in [3.05, 3.63) is 28.9 Å². The number of nitrogen functional groups attached to an aromatic ring is 1. The van der Waals surface area contributed by atoms with Crippen LogP contribution < -0.4 is 10.5 Å². The molecule has 0 unspecified atom stereocenters. The second-order valence-corrected chi connectivity index (χ2v) is 5.11. The van der Waals surface area contributed by atoms with E-state index < -0.39 is 0 Å². The first kappa shape index (κ1) is 11.4. The number of ether oxygens (including phenoxy) is 1. The quantitative estimate of drug-likeness (QED) is 0.942. The molecule has 0 saturated heterocycles. The fraction of sp³-hybridized carbons (Fsp3) is 0.182. The molecule has 0 aliphatic rings. The first-order chi connectivity index (χ1) is 7.70. The Morgan fingerprint density at radius 2 is 2.31 bits per heavy atom. The summed E-state index contributed by atoms with van der Waals surface area (Å²) in [5.41, 5.74) is 6.65. The zero-order chi connectivity index (χ0) is 11.5. The summed E-state index contributed by atoms with van der Waals surface area (Å²) in [4.78, 5) is 5.07. The minimum absolute atomic E-state index is 0.570. The Bertz CT molecular complexity index is 498. The van der Waals surface area contributed by atoms with Gasteiger partial charge in [-0.1, -0.05) is 27.3 Å². The number of rotatable bonds is 3. The number of hydrogen-bond donors (Lipinski definition) is 1. The predicted molar refractivity (Wildman–Crippen MR) is 70.8 cm³/mol. The van der Waals surface area contributed by atoms with Gasteiger partial charge in [0.05, 0.1) is 11.5 Å². The largest absolute Gasteiger partial charge is 0.493 e. The number of hydrogen-bond acceptors (Lipinski definition) is 4. The molecule has 0 atom stereocenters. The third-order valence-corrected chi connectivity index (χ3v) is 3.39. The topological polar surface area (TPSA) is 48.1 Å². The first-order valence-corrected chi connectivity index (χ1v) is 6.45. The maximum Gasteiger partial charge on any atom is 0.180 e. The fourth-order valence-corrected chi connectivity index (χ4v) is 2.44. The van der Waals surface area contributed by atoms with Gasteiger partial charge in [0.25, 0.3) is 0 Å². The van der Waals surface area contributed by atoms with E-state index in [9.17, 15) is 0 Å². The maximum atomic E-state index is 5.63. The molecule has 1 aromatic carbocycles. The van der Waals surface area contributed by atoms with Crippen LogP contribution in [0.5, 0.6) is 5.75 Å². The van der Waals surface area contributed by atoms with Crippen molar-refractivity contribution >= 4 is 32.4 Å². The lowest BCUT2D eigenvalue weighted by Gasteiger charge is -2.08. The van der Waals surface area contributed by atoms with Crippen LogP contribution in [0.2, 0.25) is 0 Å². The van der Waals surface area contributed by atoms with Crippen molar-refractivity contribution in [2.24, 2.45) is 0 Å². The van der Waals surface area contributed by atoms with Crippen LogP contribution in [0.4, 0.5) is 5.13 Å². The van der Waals surface area contributed by atoms with Gasteiger partial charge in [-0.3, -0.25) is 0 Å². The lowest BCUT2D eigenvalue weighted by Crippen LogP contribution is -1.93. The van der Waals surface area contributed by atoms with E-state index >= 15 is 0 Å². The van der Waals surface area contributed by atoms with Crippen molar-refractivity contribution in [3.63, 3.8) is 0 Å². The number of aromatic nitrogens is 1. The predicted octanol–water partition coefficient (Wildman–Crippen LogP) is 3.55. The number of thiazole rings is 1. The SMILES string of the molecule is CCOc1cc(Br)ccc1-c1cnc(N)s1. The summed E-state index contributed by atoms with van der Waals surface area (Å²) in [5.74, 6) is 0.848. The molecule has 0 aliphatic carbocycles. The first-order valence-electron chi connectivity index (χ1n) is 4.84. The molecular formula is C11H11BrN2OS. The molecule has 0 bridgehead atoms. The van der Waals surface area contributed by atoms with E-state index in [4.69, 9.17) is 10.5 Å². The van der Waals surface area contributed by atoms with E-state index in [0.29, 0.717) is 11.7 Å². The lowest BCUT2D eigenvalue weighted by molar-refractivity contribution is 0.341. The molecule has 2 aromatic rings. The third-order valence-electron chi connectivity index (χ3n) is 2.03. The average molecular weight is 299 g/mol. The Labute approximate surface area is 106 Å². The van der Waals surface area contributed by atoms with E-state index in [1.54, 1.807) is 6.20 Å². The van der Waals surface area contributed by atoms with Gasteiger partial charge in [0.2, 0.25) is 0 Å². The van der Waals surface area contributed by atoms with Crippen LogP contribution in [0.3, 0.4) is 0 Å².